The van der Waals surface area contributed by atoms with Gasteiger partial charge in [-0.25, -0.2) is 8.42 Å². The lowest BCUT2D eigenvalue weighted by Crippen LogP contribution is -2.04. The number of phenolic OH excluding ortho intramolecular Hbond substituents is 1. The highest BCUT2D eigenvalue weighted by Gasteiger charge is 2.02. The Morgan fingerprint density at radius 1 is 1.29 bits per heavy atom. The molecule has 5 heteroatoms. The Kier molecular flexibility index (Phi) is 3.83. The Hall–Kier alpha value is -0.680. The van der Waals surface area contributed by atoms with E-state index >= 15 is 0 Å². The van der Waals surface area contributed by atoms with Crippen molar-refractivity contribution in [2.75, 3.05) is 17.8 Å². The molecule has 0 heterocycles. The SMILES string of the molecule is CS(=O)(=O)CCSc1ccc(O)cc1. The number of phenols is 1. The number of thioether (sulfide) groups is 1. The summed E-state index contributed by atoms with van der Waals surface area (Å²) in [4.78, 5) is 0.964. The monoisotopic (exact) mass is 232 g/mol. The largest absolute Gasteiger partial charge is 0.508 e. The van der Waals surface area contributed by atoms with Crippen molar-refractivity contribution < 1.29 is 13.5 Å². The second kappa shape index (κ2) is 4.70. The molecule has 0 aliphatic carbocycles. The van der Waals surface area contributed by atoms with Crippen LogP contribution in [0.5, 0.6) is 5.75 Å². The minimum absolute atomic E-state index is 0.179. The van der Waals surface area contributed by atoms with Crippen LogP contribution < -0.4 is 0 Å². The molecule has 0 fully saturated rings. The summed E-state index contributed by atoms with van der Waals surface area (Å²) in [6.45, 7) is 0. The summed E-state index contributed by atoms with van der Waals surface area (Å²) in [5, 5.41) is 9.01. The first-order valence-corrected chi connectivity index (χ1v) is 7.11. The molecule has 0 spiro atoms. The van der Waals surface area contributed by atoms with E-state index in [9.17, 15) is 8.42 Å². The first-order chi connectivity index (χ1) is 6.47. The summed E-state index contributed by atoms with van der Waals surface area (Å²) in [5.74, 6) is 0.944. The molecule has 0 unspecified atom stereocenters. The number of hydrogen-bond acceptors (Lipinski definition) is 4. The summed E-state index contributed by atoms with van der Waals surface area (Å²) in [5.41, 5.74) is 0. The van der Waals surface area contributed by atoms with Gasteiger partial charge in [-0.05, 0) is 24.3 Å². The molecule has 0 aromatic heterocycles. The van der Waals surface area contributed by atoms with Crippen LogP contribution in [0.25, 0.3) is 0 Å². The van der Waals surface area contributed by atoms with E-state index in [4.69, 9.17) is 5.11 Å². The number of sulfone groups is 1. The van der Waals surface area contributed by atoms with Gasteiger partial charge in [-0.1, -0.05) is 0 Å². The third kappa shape index (κ3) is 4.53. The van der Waals surface area contributed by atoms with E-state index in [0.29, 0.717) is 5.75 Å². The quantitative estimate of drug-likeness (QED) is 0.800. The summed E-state index contributed by atoms with van der Waals surface area (Å²) in [6.07, 6.45) is 1.23. The van der Waals surface area contributed by atoms with E-state index < -0.39 is 9.84 Å². The molecular weight excluding hydrogens is 220 g/mol. The molecule has 1 aromatic carbocycles. The predicted molar refractivity (Wildman–Crippen MR) is 58.5 cm³/mol. The lowest BCUT2D eigenvalue weighted by molar-refractivity contribution is 0.475. The third-order valence-electron chi connectivity index (χ3n) is 1.56. The van der Waals surface area contributed by atoms with E-state index in [2.05, 4.69) is 0 Å². The maximum atomic E-state index is 10.8. The summed E-state index contributed by atoms with van der Waals surface area (Å²) >= 11 is 1.47. The molecule has 0 saturated heterocycles. The van der Waals surface area contributed by atoms with Gasteiger partial charge >= 0.3 is 0 Å². The number of hydrogen-bond donors (Lipinski definition) is 1. The van der Waals surface area contributed by atoms with Gasteiger partial charge in [-0.2, -0.15) is 0 Å². The van der Waals surface area contributed by atoms with E-state index in [1.54, 1.807) is 24.3 Å². The second-order valence-electron chi connectivity index (χ2n) is 2.97. The highest BCUT2D eigenvalue weighted by atomic mass is 32.2. The van der Waals surface area contributed by atoms with Crippen molar-refractivity contribution in [1.29, 1.82) is 0 Å². The predicted octanol–water partition coefficient (Wildman–Crippen LogP) is 1.53. The molecule has 0 amide bonds. The Bertz CT molecular complexity index is 381. The van der Waals surface area contributed by atoms with Crippen molar-refractivity contribution in [1.82, 2.24) is 0 Å². The average molecular weight is 232 g/mol. The number of benzene rings is 1. The fourth-order valence-corrected chi connectivity index (χ4v) is 2.96. The Morgan fingerprint density at radius 3 is 2.36 bits per heavy atom. The van der Waals surface area contributed by atoms with Crippen LogP contribution in [-0.4, -0.2) is 31.3 Å². The topological polar surface area (TPSA) is 54.4 Å². The van der Waals surface area contributed by atoms with Crippen LogP contribution in [-0.2, 0) is 9.84 Å². The van der Waals surface area contributed by atoms with E-state index in [0.717, 1.165) is 4.90 Å². The maximum Gasteiger partial charge on any atom is 0.148 e. The van der Waals surface area contributed by atoms with Crippen molar-refractivity contribution in [3.8, 4) is 5.75 Å². The van der Waals surface area contributed by atoms with Gasteiger partial charge in [0.15, 0.2) is 0 Å². The van der Waals surface area contributed by atoms with Gasteiger partial charge < -0.3 is 5.11 Å². The molecule has 0 atom stereocenters. The molecule has 1 N–H and O–H groups in total. The van der Waals surface area contributed by atoms with Gasteiger partial charge in [0.05, 0.1) is 5.75 Å². The average Bonchev–Trinajstić information content (AvgIpc) is 2.06. The molecule has 0 bridgehead atoms. The van der Waals surface area contributed by atoms with Crippen LogP contribution in [0.3, 0.4) is 0 Å². The van der Waals surface area contributed by atoms with Crippen LogP contribution in [0, 0.1) is 0 Å². The molecule has 3 nitrogen and oxygen atoms in total. The van der Waals surface area contributed by atoms with Crippen molar-refractivity contribution in [3.63, 3.8) is 0 Å². The Balaban J connectivity index is 2.43. The van der Waals surface area contributed by atoms with Gasteiger partial charge in [-0.15, -0.1) is 11.8 Å². The summed E-state index contributed by atoms with van der Waals surface area (Å²) in [6, 6.07) is 6.70. The molecule has 14 heavy (non-hydrogen) atoms. The maximum absolute atomic E-state index is 10.8. The standard InChI is InChI=1S/C9H12O3S2/c1-14(11,12)7-6-13-9-4-2-8(10)3-5-9/h2-5,10H,6-7H2,1H3. The molecule has 0 aliphatic heterocycles. The van der Waals surface area contributed by atoms with Crippen LogP contribution in [0.1, 0.15) is 0 Å². The van der Waals surface area contributed by atoms with Crippen molar-refractivity contribution in [3.05, 3.63) is 24.3 Å². The highest BCUT2D eigenvalue weighted by Crippen LogP contribution is 2.20. The second-order valence-corrected chi connectivity index (χ2v) is 6.40. The van der Waals surface area contributed by atoms with Gasteiger partial charge in [0.25, 0.3) is 0 Å². The van der Waals surface area contributed by atoms with Crippen molar-refractivity contribution >= 4 is 21.6 Å². The zero-order valence-electron chi connectivity index (χ0n) is 7.80. The van der Waals surface area contributed by atoms with E-state index in [1.165, 1.54) is 18.0 Å². The third-order valence-corrected chi connectivity index (χ3v) is 3.78. The molecule has 0 saturated carbocycles. The minimum atomic E-state index is -2.87. The zero-order valence-corrected chi connectivity index (χ0v) is 9.44. The molecule has 78 valence electrons. The van der Waals surface area contributed by atoms with E-state index in [-0.39, 0.29) is 11.5 Å². The smallest absolute Gasteiger partial charge is 0.148 e. The molecular formula is C9H12O3S2. The first-order valence-electron chi connectivity index (χ1n) is 4.07. The fourth-order valence-electron chi connectivity index (χ4n) is 0.853. The van der Waals surface area contributed by atoms with Crippen LogP contribution in [0.15, 0.2) is 29.2 Å². The van der Waals surface area contributed by atoms with Gasteiger partial charge in [0.2, 0.25) is 0 Å². The van der Waals surface area contributed by atoms with Crippen LogP contribution >= 0.6 is 11.8 Å². The molecule has 1 aromatic rings. The number of aromatic hydroxyl groups is 1. The van der Waals surface area contributed by atoms with Crippen LogP contribution in [0.2, 0.25) is 0 Å². The minimum Gasteiger partial charge on any atom is -0.508 e. The lowest BCUT2D eigenvalue weighted by atomic mass is 10.3. The zero-order chi connectivity index (χ0) is 10.6. The van der Waals surface area contributed by atoms with Crippen molar-refractivity contribution in [2.24, 2.45) is 0 Å². The Labute approximate surface area is 88.1 Å². The normalized spacial score (nSPS) is 11.5. The lowest BCUT2D eigenvalue weighted by Gasteiger charge is -2.00. The highest BCUT2D eigenvalue weighted by molar-refractivity contribution is 8.00. The van der Waals surface area contributed by atoms with Crippen LogP contribution in [0.4, 0.5) is 0 Å². The first kappa shape index (κ1) is 11.4. The van der Waals surface area contributed by atoms with Gasteiger partial charge in [0, 0.05) is 16.9 Å². The molecule has 0 radical (unpaired) electrons. The number of rotatable bonds is 4. The van der Waals surface area contributed by atoms with Gasteiger partial charge in [0.1, 0.15) is 15.6 Å². The molecule has 1 rings (SSSR count). The summed E-state index contributed by atoms with van der Waals surface area (Å²) in [7, 11) is -2.87. The summed E-state index contributed by atoms with van der Waals surface area (Å²) < 4.78 is 21.6. The van der Waals surface area contributed by atoms with E-state index in [1.807, 2.05) is 0 Å². The molecule has 0 aliphatic rings. The fraction of sp³-hybridized carbons (Fsp3) is 0.333. The van der Waals surface area contributed by atoms with Gasteiger partial charge in [-0.3, -0.25) is 0 Å². The van der Waals surface area contributed by atoms with Crippen molar-refractivity contribution in [2.45, 2.75) is 4.90 Å². The Morgan fingerprint density at radius 2 is 1.86 bits per heavy atom.